The van der Waals surface area contributed by atoms with Crippen molar-refractivity contribution in [3.8, 4) is 0 Å². The first kappa shape index (κ1) is 13.1. The highest BCUT2D eigenvalue weighted by atomic mass is 16.6. The van der Waals surface area contributed by atoms with E-state index in [1.807, 2.05) is 12.2 Å². The van der Waals surface area contributed by atoms with Gasteiger partial charge in [0.05, 0.1) is 34.2 Å². The molecule has 1 aromatic carbocycles. The first-order valence-electron chi connectivity index (χ1n) is 6.92. The van der Waals surface area contributed by atoms with E-state index >= 15 is 0 Å². The molecule has 0 radical (unpaired) electrons. The normalized spacial score (nSPS) is 35.3. The smallest absolute Gasteiger partial charge is 0.269 e. The monoisotopic (exact) mass is 300 g/mol. The molecule has 4 atom stereocenters. The Morgan fingerprint density at radius 2 is 1.91 bits per heavy atom. The fourth-order valence-corrected chi connectivity index (χ4v) is 3.63. The zero-order chi connectivity index (χ0) is 15.6. The summed E-state index contributed by atoms with van der Waals surface area (Å²) in [5.41, 5.74) is -0.462. The molecule has 2 saturated heterocycles. The van der Waals surface area contributed by atoms with Crippen molar-refractivity contribution >= 4 is 23.2 Å². The van der Waals surface area contributed by atoms with Gasteiger partial charge in [0.2, 0.25) is 11.8 Å². The number of hydrogen-bond donors (Lipinski definition) is 0. The first-order valence-corrected chi connectivity index (χ1v) is 6.92. The number of imide groups is 1. The zero-order valence-corrected chi connectivity index (χ0v) is 11.6. The van der Waals surface area contributed by atoms with Crippen LogP contribution in [0.3, 0.4) is 0 Å². The van der Waals surface area contributed by atoms with Gasteiger partial charge in [-0.05, 0) is 19.1 Å². The topological polar surface area (TPSA) is 89.8 Å². The fourth-order valence-electron chi connectivity index (χ4n) is 3.63. The summed E-state index contributed by atoms with van der Waals surface area (Å²) in [6, 6.07) is 5.42. The molecule has 3 aliphatic heterocycles. The van der Waals surface area contributed by atoms with Gasteiger partial charge in [-0.15, -0.1) is 0 Å². The molecule has 0 aromatic heterocycles. The van der Waals surface area contributed by atoms with Gasteiger partial charge in [0.15, 0.2) is 0 Å². The largest absolute Gasteiger partial charge is 0.362 e. The second-order valence-electron chi connectivity index (χ2n) is 5.91. The second kappa shape index (κ2) is 4.01. The number of nitro benzene ring substituents is 1. The Morgan fingerprint density at radius 1 is 1.23 bits per heavy atom. The van der Waals surface area contributed by atoms with Crippen LogP contribution in [-0.2, 0) is 14.3 Å². The number of nitro groups is 1. The summed E-state index contributed by atoms with van der Waals surface area (Å²) in [6.45, 7) is 1.80. The third-order valence-corrected chi connectivity index (χ3v) is 4.65. The number of hydrogen-bond acceptors (Lipinski definition) is 5. The molecular weight excluding hydrogens is 288 g/mol. The van der Waals surface area contributed by atoms with E-state index in [-0.39, 0.29) is 23.6 Å². The molecule has 3 aliphatic rings. The van der Waals surface area contributed by atoms with Crippen molar-refractivity contribution in [2.24, 2.45) is 11.8 Å². The van der Waals surface area contributed by atoms with E-state index in [9.17, 15) is 19.7 Å². The van der Waals surface area contributed by atoms with E-state index in [0.29, 0.717) is 5.69 Å². The Balaban J connectivity index is 1.71. The number of rotatable bonds is 2. The van der Waals surface area contributed by atoms with Gasteiger partial charge in [-0.1, -0.05) is 12.2 Å². The Kier molecular flexibility index (Phi) is 2.40. The molecule has 7 nitrogen and oxygen atoms in total. The van der Waals surface area contributed by atoms with Gasteiger partial charge in [-0.25, -0.2) is 4.90 Å². The van der Waals surface area contributed by atoms with Crippen LogP contribution in [-0.4, -0.2) is 28.4 Å². The summed E-state index contributed by atoms with van der Waals surface area (Å²) in [5.74, 6) is -1.64. The second-order valence-corrected chi connectivity index (χ2v) is 5.91. The lowest BCUT2D eigenvalue weighted by atomic mass is 9.78. The highest BCUT2D eigenvalue weighted by Crippen LogP contribution is 2.52. The van der Waals surface area contributed by atoms with Crippen LogP contribution in [0.2, 0.25) is 0 Å². The molecule has 4 rings (SSSR count). The van der Waals surface area contributed by atoms with E-state index in [2.05, 4.69) is 0 Å². The number of amides is 2. The molecule has 0 unspecified atom stereocenters. The highest BCUT2D eigenvalue weighted by molar-refractivity contribution is 6.23. The van der Waals surface area contributed by atoms with Crippen LogP contribution < -0.4 is 4.90 Å². The summed E-state index contributed by atoms with van der Waals surface area (Å²) in [7, 11) is 0. The van der Waals surface area contributed by atoms with Crippen molar-refractivity contribution in [2.45, 2.75) is 18.6 Å². The van der Waals surface area contributed by atoms with Crippen molar-refractivity contribution in [1.82, 2.24) is 0 Å². The number of carbonyl (C=O) groups is 2. The van der Waals surface area contributed by atoms with Crippen LogP contribution in [0.1, 0.15) is 6.92 Å². The summed E-state index contributed by atoms with van der Waals surface area (Å²) in [4.78, 5) is 36.6. The maximum absolute atomic E-state index is 12.7. The number of anilines is 1. The molecular formula is C15H12N2O5. The van der Waals surface area contributed by atoms with E-state index in [1.165, 1.54) is 24.3 Å². The predicted molar refractivity (Wildman–Crippen MR) is 75.0 cm³/mol. The molecule has 0 N–H and O–H groups in total. The standard InChI is InChI=1S/C15H12N2O5/c1-15-7-6-10(22-15)11-12(15)14(19)16(13(11)18)8-2-4-9(5-3-8)17(20)21/h2-7,10-12H,1H3/t10-,11-,12-,15+/m1/s1. The van der Waals surface area contributed by atoms with Gasteiger partial charge < -0.3 is 4.74 Å². The summed E-state index contributed by atoms with van der Waals surface area (Å²) in [6.07, 6.45) is 3.30. The lowest BCUT2D eigenvalue weighted by molar-refractivity contribution is -0.384. The minimum Gasteiger partial charge on any atom is -0.362 e. The third kappa shape index (κ3) is 1.48. The van der Waals surface area contributed by atoms with Crippen LogP contribution in [0.15, 0.2) is 36.4 Å². The maximum atomic E-state index is 12.7. The summed E-state index contributed by atoms with van der Waals surface area (Å²) in [5, 5.41) is 10.7. The number of ether oxygens (including phenoxy) is 1. The van der Waals surface area contributed by atoms with Gasteiger partial charge in [0.25, 0.3) is 5.69 Å². The van der Waals surface area contributed by atoms with Crippen molar-refractivity contribution in [3.63, 3.8) is 0 Å². The van der Waals surface area contributed by atoms with Gasteiger partial charge in [0.1, 0.15) is 0 Å². The number of benzene rings is 1. The molecule has 0 aliphatic carbocycles. The van der Waals surface area contributed by atoms with Gasteiger partial charge in [-0.2, -0.15) is 0 Å². The number of carbonyl (C=O) groups excluding carboxylic acids is 2. The van der Waals surface area contributed by atoms with E-state index in [1.54, 1.807) is 6.92 Å². The Bertz CT molecular complexity index is 741. The van der Waals surface area contributed by atoms with Crippen LogP contribution in [0.4, 0.5) is 11.4 Å². The fraction of sp³-hybridized carbons (Fsp3) is 0.333. The molecule has 2 amide bonds. The van der Waals surface area contributed by atoms with Crippen molar-refractivity contribution < 1.29 is 19.2 Å². The molecule has 22 heavy (non-hydrogen) atoms. The SMILES string of the molecule is C[C@@]12C=C[C@@H](O1)[C@H]1C(=O)N(c3ccc([N+](=O)[O-])cc3)C(=O)[C@@H]12. The number of non-ortho nitro benzene ring substituents is 1. The van der Waals surface area contributed by atoms with E-state index in [4.69, 9.17) is 4.74 Å². The van der Waals surface area contributed by atoms with E-state index < -0.39 is 22.4 Å². The average molecular weight is 300 g/mol. The summed E-state index contributed by atoms with van der Waals surface area (Å²) < 4.78 is 5.73. The molecule has 0 saturated carbocycles. The lowest BCUT2D eigenvalue weighted by Gasteiger charge is -2.24. The highest BCUT2D eigenvalue weighted by Gasteiger charge is 2.66. The molecule has 7 heteroatoms. The first-order chi connectivity index (χ1) is 10.4. The lowest BCUT2D eigenvalue weighted by Crippen LogP contribution is -2.38. The maximum Gasteiger partial charge on any atom is 0.269 e. The van der Waals surface area contributed by atoms with Crippen molar-refractivity contribution in [3.05, 3.63) is 46.5 Å². The predicted octanol–water partition coefficient (Wildman–Crippen LogP) is 1.43. The zero-order valence-electron chi connectivity index (χ0n) is 11.6. The molecule has 2 bridgehead atoms. The average Bonchev–Trinajstić information content (AvgIpc) is 3.08. The Hall–Kier alpha value is -2.54. The van der Waals surface area contributed by atoms with Crippen LogP contribution in [0.5, 0.6) is 0 Å². The van der Waals surface area contributed by atoms with Crippen molar-refractivity contribution in [2.75, 3.05) is 4.90 Å². The van der Waals surface area contributed by atoms with Crippen molar-refractivity contribution in [1.29, 1.82) is 0 Å². The molecule has 3 heterocycles. The molecule has 112 valence electrons. The molecule has 2 fully saturated rings. The Morgan fingerprint density at radius 3 is 2.50 bits per heavy atom. The van der Waals surface area contributed by atoms with Crippen LogP contribution in [0.25, 0.3) is 0 Å². The van der Waals surface area contributed by atoms with Gasteiger partial charge in [0, 0.05) is 12.1 Å². The Labute approximate surface area is 125 Å². The van der Waals surface area contributed by atoms with Gasteiger partial charge >= 0.3 is 0 Å². The quantitative estimate of drug-likeness (QED) is 0.357. The third-order valence-electron chi connectivity index (χ3n) is 4.65. The minimum absolute atomic E-state index is 0.0833. The molecule has 1 aromatic rings. The summed E-state index contributed by atoms with van der Waals surface area (Å²) >= 11 is 0. The van der Waals surface area contributed by atoms with E-state index in [0.717, 1.165) is 4.90 Å². The van der Waals surface area contributed by atoms with Crippen LogP contribution in [0, 0.1) is 22.0 Å². The van der Waals surface area contributed by atoms with Gasteiger partial charge in [-0.3, -0.25) is 19.7 Å². The minimum atomic E-state index is -0.738. The van der Waals surface area contributed by atoms with Crippen LogP contribution >= 0.6 is 0 Å². The number of nitrogens with zero attached hydrogens (tertiary/aromatic N) is 2. The number of fused-ring (bicyclic) bond motifs is 5. The molecule has 0 spiro atoms.